The molecule has 1 aliphatic heterocycles. The van der Waals surface area contributed by atoms with Gasteiger partial charge in [0.2, 0.25) is 5.12 Å². The van der Waals surface area contributed by atoms with Gasteiger partial charge in [0.25, 0.3) is 11.8 Å². The van der Waals surface area contributed by atoms with Crippen molar-refractivity contribution in [3.8, 4) is 35.2 Å². The van der Waals surface area contributed by atoms with Gasteiger partial charge in [-0.2, -0.15) is 0 Å². The van der Waals surface area contributed by atoms with Crippen molar-refractivity contribution in [3.63, 3.8) is 0 Å². The third-order valence-corrected chi connectivity index (χ3v) is 8.33. The Labute approximate surface area is 301 Å². The number of imide groups is 1. The van der Waals surface area contributed by atoms with Gasteiger partial charge in [0.1, 0.15) is 31.3 Å². The quantitative estimate of drug-likeness (QED) is 0.0420. The average molecular weight is 696 g/mol. The number of ether oxygens (including phenoxy) is 3. The van der Waals surface area contributed by atoms with Crippen molar-refractivity contribution in [1.29, 1.82) is 0 Å². The van der Waals surface area contributed by atoms with Gasteiger partial charge in [-0.15, -0.1) is 0 Å². The van der Waals surface area contributed by atoms with E-state index < -0.39 is 5.97 Å². The van der Waals surface area contributed by atoms with Crippen LogP contribution in [0.15, 0.2) is 121 Å². The van der Waals surface area contributed by atoms with Crippen molar-refractivity contribution in [1.82, 2.24) is 4.90 Å². The van der Waals surface area contributed by atoms with Crippen LogP contribution in [-0.2, 0) is 25.5 Å². The summed E-state index contributed by atoms with van der Waals surface area (Å²) in [5.74, 6) is 12.7. The largest absolute Gasteiger partial charge is 0.492 e. The third-order valence-electron chi connectivity index (χ3n) is 7.42. The average Bonchev–Trinajstić information content (AvgIpc) is 3.48. The molecule has 0 aromatic heterocycles. The SMILES string of the molecule is C=CC(=O)OCCOc1ccc(SC(=O)c2ccc(C#Cc3ccc(C#Cc4ccc(OCCN5C(=O)C=CC5=O)cc4)cc3)cc2)cc1CC. The zero-order valence-electron chi connectivity index (χ0n) is 27.8. The van der Waals surface area contributed by atoms with E-state index in [-0.39, 0.29) is 43.3 Å². The van der Waals surface area contributed by atoms with E-state index in [1.54, 1.807) is 24.3 Å². The Balaban J connectivity index is 1.09. The number of rotatable bonds is 12. The standard InChI is InChI=1S/C42H33NO7S/c1-3-34-29-37(21-22-38(34)49-27-28-50-41(46)4-2)51-42(47)35-17-13-32(14-18-35)11-9-30-5-7-31(8-6-30)10-12-33-15-19-36(20-16-33)48-26-25-43-39(44)23-24-40(43)45/h4-8,13-24,29H,2-3,25-28H2,1H3. The van der Waals surface area contributed by atoms with E-state index >= 15 is 0 Å². The van der Waals surface area contributed by atoms with E-state index in [2.05, 4.69) is 30.3 Å². The summed E-state index contributed by atoms with van der Waals surface area (Å²) in [6.45, 7) is 6.11. The Morgan fingerprint density at radius 3 is 1.82 bits per heavy atom. The van der Waals surface area contributed by atoms with Crippen LogP contribution in [-0.4, -0.2) is 54.2 Å². The maximum absolute atomic E-state index is 13.0. The predicted molar refractivity (Wildman–Crippen MR) is 195 cm³/mol. The first-order valence-electron chi connectivity index (χ1n) is 16.1. The second kappa shape index (κ2) is 17.9. The summed E-state index contributed by atoms with van der Waals surface area (Å²) < 4.78 is 16.4. The molecule has 51 heavy (non-hydrogen) atoms. The number of aryl methyl sites for hydroxylation is 1. The second-order valence-electron chi connectivity index (χ2n) is 10.9. The van der Waals surface area contributed by atoms with Crippen LogP contribution in [0.5, 0.6) is 11.5 Å². The van der Waals surface area contributed by atoms with E-state index in [0.717, 1.165) is 61.9 Å². The number of esters is 1. The van der Waals surface area contributed by atoms with Crippen molar-refractivity contribution in [3.05, 3.63) is 149 Å². The number of hydrogen-bond acceptors (Lipinski definition) is 8. The molecule has 1 heterocycles. The molecule has 0 unspecified atom stereocenters. The fraction of sp³-hybridized carbons (Fsp3) is 0.143. The molecule has 9 heteroatoms. The molecule has 0 saturated carbocycles. The van der Waals surface area contributed by atoms with E-state index in [1.165, 1.54) is 12.2 Å². The lowest BCUT2D eigenvalue weighted by molar-refractivity contribution is -0.139. The fourth-order valence-corrected chi connectivity index (χ4v) is 5.52. The normalized spacial score (nSPS) is 11.6. The number of hydrogen-bond donors (Lipinski definition) is 0. The molecule has 4 aromatic carbocycles. The van der Waals surface area contributed by atoms with E-state index in [4.69, 9.17) is 14.2 Å². The van der Waals surface area contributed by atoms with Gasteiger partial charge in [-0.1, -0.05) is 37.2 Å². The highest BCUT2D eigenvalue weighted by atomic mass is 32.2. The summed E-state index contributed by atoms with van der Waals surface area (Å²) in [5, 5.41) is -0.0779. The highest BCUT2D eigenvalue weighted by molar-refractivity contribution is 8.14. The summed E-state index contributed by atoms with van der Waals surface area (Å²) in [4.78, 5) is 49.4. The van der Waals surface area contributed by atoms with E-state index in [0.29, 0.717) is 17.1 Å². The minimum Gasteiger partial charge on any atom is -0.492 e. The van der Waals surface area contributed by atoms with Crippen molar-refractivity contribution in [2.75, 3.05) is 26.4 Å². The number of nitrogens with zero attached hydrogens (tertiary/aromatic N) is 1. The molecule has 0 bridgehead atoms. The molecule has 0 spiro atoms. The molecular weight excluding hydrogens is 663 g/mol. The Hall–Kier alpha value is -6.29. The Morgan fingerprint density at radius 2 is 1.27 bits per heavy atom. The van der Waals surface area contributed by atoms with Gasteiger partial charge in [-0.3, -0.25) is 19.3 Å². The summed E-state index contributed by atoms with van der Waals surface area (Å²) in [5.41, 5.74) is 4.81. The summed E-state index contributed by atoms with van der Waals surface area (Å²) >= 11 is 1.15. The minimum atomic E-state index is -0.493. The van der Waals surface area contributed by atoms with Gasteiger partial charge in [-0.05, 0) is 115 Å². The maximum Gasteiger partial charge on any atom is 0.330 e. The van der Waals surface area contributed by atoms with Crippen LogP contribution in [0.3, 0.4) is 0 Å². The molecule has 5 rings (SSSR count). The summed E-state index contributed by atoms with van der Waals surface area (Å²) in [7, 11) is 0. The van der Waals surface area contributed by atoms with Crippen LogP contribution in [0, 0.1) is 23.7 Å². The molecule has 0 atom stereocenters. The van der Waals surface area contributed by atoms with Gasteiger partial charge in [0.15, 0.2) is 0 Å². The third kappa shape index (κ3) is 10.6. The van der Waals surface area contributed by atoms with Gasteiger partial charge in [0.05, 0.1) is 6.54 Å². The van der Waals surface area contributed by atoms with Crippen molar-refractivity contribution >= 4 is 34.7 Å². The van der Waals surface area contributed by atoms with Crippen LogP contribution < -0.4 is 9.47 Å². The van der Waals surface area contributed by atoms with E-state index in [9.17, 15) is 19.2 Å². The van der Waals surface area contributed by atoms with Crippen molar-refractivity contribution < 1.29 is 33.4 Å². The van der Waals surface area contributed by atoms with Gasteiger partial charge in [-0.25, -0.2) is 4.79 Å². The van der Waals surface area contributed by atoms with Crippen LogP contribution in [0.2, 0.25) is 0 Å². The Kier molecular flexibility index (Phi) is 12.6. The second-order valence-corrected chi connectivity index (χ2v) is 12.0. The molecule has 1 aliphatic rings. The highest BCUT2D eigenvalue weighted by Gasteiger charge is 2.22. The van der Waals surface area contributed by atoms with Gasteiger partial charge in [0, 0.05) is 50.9 Å². The summed E-state index contributed by atoms with van der Waals surface area (Å²) in [6, 6.07) is 27.7. The molecule has 0 radical (unpaired) electrons. The number of thioether (sulfide) groups is 1. The molecule has 254 valence electrons. The monoisotopic (exact) mass is 695 g/mol. The molecule has 2 amide bonds. The zero-order chi connectivity index (χ0) is 36.0. The molecule has 8 nitrogen and oxygen atoms in total. The number of benzene rings is 4. The molecule has 0 saturated heterocycles. The van der Waals surface area contributed by atoms with Crippen molar-refractivity contribution in [2.45, 2.75) is 18.2 Å². The lowest BCUT2D eigenvalue weighted by Crippen LogP contribution is -2.33. The van der Waals surface area contributed by atoms with Crippen LogP contribution in [0.1, 0.15) is 45.1 Å². The lowest BCUT2D eigenvalue weighted by atomic mass is 10.1. The Morgan fingerprint density at radius 1 is 0.725 bits per heavy atom. The number of carbonyl (C=O) groups excluding carboxylic acids is 4. The van der Waals surface area contributed by atoms with Gasteiger partial charge >= 0.3 is 5.97 Å². The van der Waals surface area contributed by atoms with Crippen LogP contribution in [0.25, 0.3) is 0 Å². The lowest BCUT2D eigenvalue weighted by Gasteiger charge is -2.14. The highest BCUT2D eigenvalue weighted by Crippen LogP contribution is 2.29. The first kappa shape index (κ1) is 36.0. The minimum absolute atomic E-state index is 0.0779. The zero-order valence-corrected chi connectivity index (χ0v) is 28.7. The molecule has 0 N–H and O–H groups in total. The van der Waals surface area contributed by atoms with Crippen LogP contribution in [0.4, 0.5) is 0 Å². The fourth-order valence-electron chi connectivity index (χ4n) is 4.71. The maximum atomic E-state index is 13.0. The first-order valence-corrected chi connectivity index (χ1v) is 16.9. The summed E-state index contributed by atoms with van der Waals surface area (Å²) in [6.07, 6.45) is 4.33. The smallest absolute Gasteiger partial charge is 0.330 e. The van der Waals surface area contributed by atoms with Gasteiger partial charge < -0.3 is 14.2 Å². The molecular formula is C42H33NO7S. The topological polar surface area (TPSA) is 99.2 Å². The molecule has 4 aromatic rings. The van der Waals surface area contributed by atoms with E-state index in [1.807, 2.05) is 73.7 Å². The number of carbonyl (C=O) groups is 4. The first-order chi connectivity index (χ1) is 24.8. The molecule has 0 aliphatic carbocycles. The van der Waals surface area contributed by atoms with Crippen LogP contribution >= 0.6 is 11.8 Å². The van der Waals surface area contributed by atoms with Crippen molar-refractivity contribution in [2.24, 2.45) is 0 Å². The number of amides is 2. The Bertz CT molecular complexity index is 2060. The molecule has 0 fully saturated rings. The predicted octanol–water partition coefficient (Wildman–Crippen LogP) is 6.39.